The normalized spacial score (nSPS) is 13.5. The first kappa shape index (κ1) is 22.6. The highest BCUT2D eigenvalue weighted by Gasteiger charge is 2.35. The van der Waals surface area contributed by atoms with Crippen molar-refractivity contribution in [3.8, 4) is 44.5 Å². The van der Waals surface area contributed by atoms with Gasteiger partial charge >= 0.3 is 0 Å². The van der Waals surface area contributed by atoms with Gasteiger partial charge in [0.15, 0.2) is 0 Å². The van der Waals surface area contributed by atoms with Crippen LogP contribution < -0.4 is 0 Å². The molecule has 1 aliphatic carbocycles. The van der Waals surface area contributed by atoms with Gasteiger partial charge in [-0.1, -0.05) is 131 Å². The molecule has 0 heteroatoms. The Morgan fingerprint density at radius 2 is 0.972 bits per heavy atom. The molecule has 0 saturated carbocycles. The summed E-state index contributed by atoms with van der Waals surface area (Å²) in [5.41, 5.74) is 14.6. The predicted molar refractivity (Wildman–Crippen MR) is 154 cm³/mol. The van der Waals surface area contributed by atoms with E-state index >= 15 is 0 Å². The number of benzene rings is 5. The second-order valence-corrected chi connectivity index (χ2v) is 10.9. The SMILES string of the molecule is CC(C)c1cccc(-c2cccc(-c3ccc(-c4ccc5c(c4)C(C)(C)c4ccccc4-5)cc3)c2)c1. The van der Waals surface area contributed by atoms with Crippen LogP contribution in [0.25, 0.3) is 44.5 Å². The fraction of sp³-hybridized carbons (Fsp3) is 0.167. The highest BCUT2D eigenvalue weighted by atomic mass is 14.4. The van der Waals surface area contributed by atoms with Gasteiger partial charge in [0.2, 0.25) is 0 Å². The minimum Gasteiger partial charge on any atom is -0.0619 e. The molecule has 176 valence electrons. The van der Waals surface area contributed by atoms with Gasteiger partial charge in [0.25, 0.3) is 0 Å². The Morgan fingerprint density at radius 1 is 0.444 bits per heavy atom. The maximum Gasteiger partial charge on any atom is 0.0159 e. The van der Waals surface area contributed by atoms with E-state index in [1.165, 1.54) is 61.2 Å². The third-order valence-electron chi connectivity index (χ3n) is 7.88. The van der Waals surface area contributed by atoms with Gasteiger partial charge in [-0.05, 0) is 79.2 Å². The summed E-state index contributed by atoms with van der Waals surface area (Å²) in [6.07, 6.45) is 0. The van der Waals surface area contributed by atoms with E-state index < -0.39 is 0 Å². The number of hydrogen-bond acceptors (Lipinski definition) is 0. The molecule has 6 rings (SSSR count). The molecule has 0 nitrogen and oxygen atoms in total. The molecule has 0 N–H and O–H groups in total. The Morgan fingerprint density at radius 3 is 1.67 bits per heavy atom. The summed E-state index contributed by atoms with van der Waals surface area (Å²) in [7, 11) is 0. The van der Waals surface area contributed by atoms with Gasteiger partial charge in [-0.15, -0.1) is 0 Å². The van der Waals surface area contributed by atoms with Gasteiger partial charge in [0, 0.05) is 5.41 Å². The second-order valence-electron chi connectivity index (χ2n) is 10.9. The minimum absolute atomic E-state index is 0.0230. The highest BCUT2D eigenvalue weighted by molar-refractivity contribution is 5.84. The van der Waals surface area contributed by atoms with Crippen molar-refractivity contribution in [1.29, 1.82) is 0 Å². The fourth-order valence-corrected chi connectivity index (χ4v) is 5.69. The molecule has 36 heavy (non-hydrogen) atoms. The predicted octanol–water partition coefficient (Wildman–Crippen LogP) is 10.1. The van der Waals surface area contributed by atoms with E-state index in [4.69, 9.17) is 0 Å². The Balaban J connectivity index is 1.31. The molecule has 1 aliphatic rings. The Bertz CT molecular complexity index is 1560. The summed E-state index contributed by atoms with van der Waals surface area (Å²) in [6, 6.07) is 42.7. The summed E-state index contributed by atoms with van der Waals surface area (Å²) in [6.45, 7) is 9.18. The molecule has 0 radical (unpaired) electrons. The highest BCUT2D eigenvalue weighted by Crippen LogP contribution is 2.49. The number of rotatable bonds is 4. The number of hydrogen-bond donors (Lipinski definition) is 0. The molecular weight excluding hydrogens is 432 g/mol. The summed E-state index contributed by atoms with van der Waals surface area (Å²) in [4.78, 5) is 0. The zero-order chi connectivity index (χ0) is 24.9. The second kappa shape index (κ2) is 8.64. The number of fused-ring (bicyclic) bond motifs is 3. The Kier molecular flexibility index (Phi) is 5.41. The maximum atomic E-state index is 2.40. The monoisotopic (exact) mass is 464 g/mol. The summed E-state index contributed by atoms with van der Waals surface area (Å²) >= 11 is 0. The van der Waals surface area contributed by atoms with Crippen molar-refractivity contribution in [3.05, 3.63) is 132 Å². The first-order valence-electron chi connectivity index (χ1n) is 13.0. The summed E-state index contributed by atoms with van der Waals surface area (Å²) in [5.74, 6) is 0.527. The molecule has 0 saturated heterocycles. The molecule has 5 aromatic rings. The molecule has 0 amide bonds. The van der Waals surface area contributed by atoms with Crippen LogP contribution in [0.3, 0.4) is 0 Å². The van der Waals surface area contributed by atoms with Crippen LogP contribution >= 0.6 is 0 Å². The van der Waals surface area contributed by atoms with Crippen molar-refractivity contribution in [3.63, 3.8) is 0 Å². The Labute approximate surface area is 215 Å². The van der Waals surface area contributed by atoms with E-state index in [0.717, 1.165) is 0 Å². The van der Waals surface area contributed by atoms with Crippen LogP contribution in [0.4, 0.5) is 0 Å². The topological polar surface area (TPSA) is 0 Å². The third kappa shape index (κ3) is 3.78. The van der Waals surface area contributed by atoms with Crippen molar-refractivity contribution in [2.45, 2.75) is 39.0 Å². The zero-order valence-electron chi connectivity index (χ0n) is 21.5. The molecule has 0 atom stereocenters. The standard InChI is InChI=1S/C36H32/c1-24(2)27-9-7-11-29(21-27)30-12-8-10-28(22-30)25-15-17-26(18-16-25)31-19-20-33-32-13-5-6-14-34(32)36(3,4)35(33)23-31/h5-24H,1-4H3. The maximum absolute atomic E-state index is 2.40. The van der Waals surface area contributed by atoms with Gasteiger partial charge in [0.1, 0.15) is 0 Å². The van der Waals surface area contributed by atoms with E-state index in [2.05, 4.69) is 143 Å². The third-order valence-corrected chi connectivity index (χ3v) is 7.88. The lowest BCUT2D eigenvalue weighted by atomic mass is 9.81. The van der Waals surface area contributed by atoms with Gasteiger partial charge in [-0.2, -0.15) is 0 Å². The van der Waals surface area contributed by atoms with Gasteiger partial charge in [-0.25, -0.2) is 0 Å². The van der Waals surface area contributed by atoms with Crippen LogP contribution in [0.2, 0.25) is 0 Å². The summed E-state index contributed by atoms with van der Waals surface area (Å²) < 4.78 is 0. The lowest BCUT2D eigenvalue weighted by Gasteiger charge is -2.22. The van der Waals surface area contributed by atoms with Crippen LogP contribution in [-0.2, 0) is 5.41 Å². The molecule has 0 unspecified atom stereocenters. The molecule has 0 fully saturated rings. The van der Waals surface area contributed by atoms with Crippen LogP contribution in [0.5, 0.6) is 0 Å². The molecule has 0 aliphatic heterocycles. The van der Waals surface area contributed by atoms with E-state index in [0.29, 0.717) is 5.92 Å². The fourth-order valence-electron chi connectivity index (χ4n) is 5.69. The quantitative estimate of drug-likeness (QED) is 0.248. The van der Waals surface area contributed by atoms with E-state index in [9.17, 15) is 0 Å². The largest absolute Gasteiger partial charge is 0.0619 e. The lowest BCUT2D eigenvalue weighted by Crippen LogP contribution is -2.14. The molecule has 0 aromatic heterocycles. The van der Waals surface area contributed by atoms with Crippen LogP contribution in [0.1, 0.15) is 50.3 Å². The van der Waals surface area contributed by atoms with E-state index in [1.54, 1.807) is 0 Å². The van der Waals surface area contributed by atoms with Crippen molar-refractivity contribution < 1.29 is 0 Å². The average molecular weight is 465 g/mol. The molecule has 0 heterocycles. The van der Waals surface area contributed by atoms with Crippen LogP contribution in [0, 0.1) is 0 Å². The van der Waals surface area contributed by atoms with Crippen molar-refractivity contribution in [2.75, 3.05) is 0 Å². The van der Waals surface area contributed by atoms with E-state index in [1.807, 2.05) is 0 Å². The molecule has 0 spiro atoms. The molecular formula is C36H32. The first-order chi connectivity index (χ1) is 17.4. The smallest absolute Gasteiger partial charge is 0.0159 e. The minimum atomic E-state index is 0.0230. The average Bonchev–Trinajstić information content (AvgIpc) is 3.15. The van der Waals surface area contributed by atoms with E-state index in [-0.39, 0.29) is 5.41 Å². The zero-order valence-corrected chi connectivity index (χ0v) is 21.5. The Hall–Kier alpha value is -3.90. The van der Waals surface area contributed by atoms with Crippen molar-refractivity contribution >= 4 is 0 Å². The van der Waals surface area contributed by atoms with Gasteiger partial charge in [-0.3, -0.25) is 0 Å². The van der Waals surface area contributed by atoms with Crippen LogP contribution in [0.15, 0.2) is 115 Å². The first-order valence-corrected chi connectivity index (χ1v) is 13.0. The molecule has 0 bridgehead atoms. The lowest BCUT2D eigenvalue weighted by molar-refractivity contribution is 0.660. The van der Waals surface area contributed by atoms with Crippen molar-refractivity contribution in [2.24, 2.45) is 0 Å². The van der Waals surface area contributed by atoms with Crippen molar-refractivity contribution in [1.82, 2.24) is 0 Å². The van der Waals surface area contributed by atoms with Gasteiger partial charge < -0.3 is 0 Å². The van der Waals surface area contributed by atoms with Crippen LogP contribution in [-0.4, -0.2) is 0 Å². The molecule has 5 aromatic carbocycles. The summed E-state index contributed by atoms with van der Waals surface area (Å²) in [5, 5.41) is 0. The van der Waals surface area contributed by atoms with Gasteiger partial charge in [0.05, 0.1) is 0 Å².